The third-order valence-electron chi connectivity index (χ3n) is 4.21. The van der Waals surface area contributed by atoms with Crippen molar-refractivity contribution >= 4 is 0 Å². The molecule has 0 saturated carbocycles. The summed E-state index contributed by atoms with van der Waals surface area (Å²) in [6.07, 6.45) is 0.703. The van der Waals surface area contributed by atoms with Gasteiger partial charge in [-0.15, -0.1) is 0 Å². The van der Waals surface area contributed by atoms with Gasteiger partial charge in [-0.25, -0.2) is 8.78 Å². The summed E-state index contributed by atoms with van der Waals surface area (Å²) < 4.78 is 26.1. The molecule has 1 aliphatic heterocycles. The molecule has 0 aromatic heterocycles. The zero-order valence-corrected chi connectivity index (χ0v) is 13.0. The van der Waals surface area contributed by atoms with Crippen molar-refractivity contribution in [2.45, 2.75) is 38.9 Å². The Balaban J connectivity index is 1.82. The van der Waals surface area contributed by atoms with Crippen molar-refractivity contribution in [1.82, 2.24) is 10.2 Å². The molecule has 0 amide bonds. The maximum absolute atomic E-state index is 13.1. The van der Waals surface area contributed by atoms with Crippen molar-refractivity contribution in [3.05, 3.63) is 35.6 Å². The second kappa shape index (κ2) is 7.85. The molecule has 1 aromatic carbocycles. The zero-order chi connectivity index (χ0) is 15.2. The molecule has 1 fully saturated rings. The molecule has 21 heavy (non-hydrogen) atoms. The normalized spacial score (nSPS) is 19.1. The van der Waals surface area contributed by atoms with E-state index < -0.39 is 6.17 Å². The van der Waals surface area contributed by atoms with Gasteiger partial charge in [0.05, 0.1) is 0 Å². The Labute approximate surface area is 126 Å². The van der Waals surface area contributed by atoms with Gasteiger partial charge in [0, 0.05) is 32.2 Å². The Morgan fingerprint density at radius 1 is 1.19 bits per heavy atom. The van der Waals surface area contributed by atoms with Crippen LogP contribution in [0.25, 0.3) is 0 Å². The molecule has 1 aromatic rings. The second-order valence-corrected chi connectivity index (χ2v) is 6.24. The Morgan fingerprint density at radius 3 is 2.38 bits per heavy atom. The van der Waals surface area contributed by atoms with Crippen LogP contribution in [-0.2, 0) is 0 Å². The van der Waals surface area contributed by atoms with Crippen molar-refractivity contribution in [1.29, 1.82) is 0 Å². The minimum absolute atomic E-state index is 0.199. The van der Waals surface area contributed by atoms with Crippen LogP contribution in [0.5, 0.6) is 0 Å². The predicted molar refractivity (Wildman–Crippen MR) is 82.6 cm³/mol. The van der Waals surface area contributed by atoms with Gasteiger partial charge in [-0.2, -0.15) is 0 Å². The van der Waals surface area contributed by atoms with E-state index in [1.165, 1.54) is 12.1 Å². The van der Waals surface area contributed by atoms with Gasteiger partial charge in [-0.1, -0.05) is 26.0 Å². The van der Waals surface area contributed by atoms with Crippen LogP contribution in [0.4, 0.5) is 8.78 Å². The van der Waals surface area contributed by atoms with Crippen LogP contribution in [0.15, 0.2) is 24.3 Å². The van der Waals surface area contributed by atoms with Gasteiger partial charge in [0.2, 0.25) is 0 Å². The molecule has 1 heterocycles. The molecule has 1 N–H and O–H groups in total. The topological polar surface area (TPSA) is 15.3 Å². The zero-order valence-electron chi connectivity index (χ0n) is 13.0. The van der Waals surface area contributed by atoms with Crippen LogP contribution in [-0.4, -0.2) is 37.3 Å². The van der Waals surface area contributed by atoms with Crippen LogP contribution < -0.4 is 5.32 Å². The highest BCUT2D eigenvalue weighted by atomic mass is 19.1. The third-order valence-corrected chi connectivity index (χ3v) is 4.21. The van der Waals surface area contributed by atoms with E-state index in [2.05, 4.69) is 24.1 Å². The molecule has 0 aliphatic carbocycles. The first kappa shape index (κ1) is 16.4. The van der Waals surface area contributed by atoms with Crippen molar-refractivity contribution in [2.24, 2.45) is 5.92 Å². The number of benzene rings is 1. The fourth-order valence-corrected chi connectivity index (χ4v) is 2.91. The maximum Gasteiger partial charge on any atom is 0.123 e. The van der Waals surface area contributed by atoms with Crippen molar-refractivity contribution in [3.63, 3.8) is 0 Å². The Morgan fingerprint density at radius 2 is 1.81 bits per heavy atom. The van der Waals surface area contributed by atoms with Crippen LogP contribution in [0.2, 0.25) is 0 Å². The van der Waals surface area contributed by atoms with E-state index in [0.717, 1.165) is 31.7 Å². The number of halogens is 2. The lowest BCUT2D eigenvalue weighted by atomic mass is 9.96. The first-order valence-corrected chi connectivity index (χ1v) is 7.91. The molecule has 2 rings (SSSR count). The standard InChI is InChI=1S/C17H26F2N2/c1-13(2)17(14-3-5-15(18)6-4-14)20-9-12-21-10-7-16(19)8-11-21/h3-6,13,16-17,20H,7-12H2,1-2H3. The van der Waals surface area contributed by atoms with Gasteiger partial charge < -0.3 is 10.2 Å². The lowest BCUT2D eigenvalue weighted by molar-refractivity contribution is 0.149. The summed E-state index contributed by atoms with van der Waals surface area (Å²) in [5.41, 5.74) is 1.12. The fourth-order valence-electron chi connectivity index (χ4n) is 2.91. The number of hydrogen-bond donors (Lipinski definition) is 1. The Kier molecular flexibility index (Phi) is 6.12. The van der Waals surface area contributed by atoms with E-state index in [0.29, 0.717) is 18.8 Å². The van der Waals surface area contributed by atoms with E-state index >= 15 is 0 Å². The SMILES string of the molecule is CC(C)C(NCCN1CCC(F)CC1)c1ccc(F)cc1. The van der Waals surface area contributed by atoms with Crippen molar-refractivity contribution < 1.29 is 8.78 Å². The maximum atomic E-state index is 13.1. The quantitative estimate of drug-likeness (QED) is 0.863. The van der Waals surface area contributed by atoms with E-state index in [-0.39, 0.29) is 11.9 Å². The highest BCUT2D eigenvalue weighted by molar-refractivity contribution is 5.20. The third kappa shape index (κ3) is 5.04. The number of hydrogen-bond acceptors (Lipinski definition) is 2. The van der Waals surface area contributed by atoms with Crippen LogP contribution >= 0.6 is 0 Å². The highest BCUT2D eigenvalue weighted by Gasteiger charge is 2.19. The molecule has 1 aliphatic rings. The number of nitrogens with zero attached hydrogens (tertiary/aromatic N) is 1. The van der Waals surface area contributed by atoms with E-state index in [9.17, 15) is 8.78 Å². The summed E-state index contributed by atoms with van der Waals surface area (Å²) in [6.45, 7) is 7.84. The van der Waals surface area contributed by atoms with Crippen LogP contribution in [0, 0.1) is 11.7 Å². The number of likely N-dealkylation sites (tertiary alicyclic amines) is 1. The number of rotatable bonds is 6. The largest absolute Gasteiger partial charge is 0.308 e. The summed E-state index contributed by atoms with van der Waals surface area (Å²) >= 11 is 0. The number of piperidine rings is 1. The first-order chi connectivity index (χ1) is 10.1. The molecule has 4 heteroatoms. The molecular weight excluding hydrogens is 270 g/mol. The Bertz CT molecular complexity index is 411. The van der Waals surface area contributed by atoms with Gasteiger partial charge in [-0.05, 0) is 36.5 Å². The average Bonchev–Trinajstić information content (AvgIpc) is 2.46. The first-order valence-electron chi connectivity index (χ1n) is 7.91. The molecule has 0 radical (unpaired) electrons. The Hall–Kier alpha value is -1.00. The lowest BCUT2D eigenvalue weighted by Crippen LogP contribution is -2.40. The molecule has 0 spiro atoms. The highest BCUT2D eigenvalue weighted by Crippen LogP contribution is 2.21. The monoisotopic (exact) mass is 296 g/mol. The van der Waals surface area contributed by atoms with E-state index in [4.69, 9.17) is 0 Å². The van der Waals surface area contributed by atoms with Crippen molar-refractivity contribution in [3.8, 4) is 0 Å². The van der Waals surface area contributed by atoms with E-state index in [1.54, 1.807) is 0 Å². The minimum atomic E-state index is -0.614. The molecule has 1 saturated heterocycles. The van der Waals surface area contributed by atoms with E-state index in [1.807, 2.05) is 12.1 Å². The molecule has 1 atom stereocenters. The van der Waals surface area contributed by atoms with Crippen molar-refractivity contribution in [2.75, 3.05) is 26.2 Å². The van der Waals surface area contributed by atoms with Gasteiger partial charge >= 0.3 is 0 Å². The molecule has 0 bridgehead atoms. The summed E-state index contributed by atoms with van der Waals surface area (Å²) in [6, 6.07) is 6.95. The fraction of sp³-hybridized carbons (Fsp3) is 0.647. The minimum Gasteiger partial charge on any atom is -0.308 e. The molecule has 2 nitrogen and oxygen atoms in total. The smallest absolute Gasteiger partial charge is 0.123 e. The van der Waals surface area contributed by atoms with Gasteiger partial charge in [0.25, 0.3) is 0 Å². The predicted octanol–water partition coefficient (Wildman–Crippen LogP) is 3.55. The van der Waals surface area contributed by atoms with Gasteiger partial charge in [0.1, 0.15) is 12.0 Å². The summed E-state index contributed by atoms with van der Waals surface area (Å²) in [4.78, 5) is 2.31. The van der Waals surface area contributed by atoms with Gasteiger partial charge in [-0.3, -0.25) is 0 Å². The number of alkyl halides is 1. The average molecular weight is 296 g/mol. The molecule has 1 unspecified atom stereocenters. The number of nitrogens with one attached hydrogen (secondary N) is 1. The summed E-state index contributed by atoms with van der Waals surface area (Å²) in [5, 5.41) is 3.56. The molecule has 118 valence electrons. The molecular formula is C17H26F2N2. The summed E-state index contributed by atoms with van der Waals surface area (Å²) in [5.74, 6) is 0.238. The summed E-state index contributed by atoms with van der Waals surface area (Å²) in [7, 11) is 0. The second-order valence-electron chi connectivity index (χ2n) is 6.24. The van der Waals surface area contributed by atoms with Crippen LogP contribution in [0.3, 0.4) is 0 Å². The lowest BCUT2D eigenvalue weighted by Gasteiger charge is -2.30. The van der Waals surface area contributed by atoms with Crippen LogP contribution in [0.1, 0.15) is 38.3 Å². The van der Waals surface area contributed by atoms with Gasteiger partial charge in [0.15, 0.2) is 0 Å².